The second kappa shape index (κ2) is 7.36. The Morgan fingerprint density at radius 3 is 2.57 bits per heavy atom. The number of thiophene rings is 1. The van der Waals surface area contributed by atoms with Gasteiger partial charge in [-0.1, -0.05) is 24.3 Å². The first kappa shape index (κ1) is 14.9. The monoisotopic (exact) mass is 299 g/mol. The molecule has 21 heavy (non-hydrogen) atoms. The summed E-state index contributed by atoms with van der Waals surface area (Å²) in [5.74, 6) is -0.719. The third-order valence-electron chi connectivity index (χ3n) is 2.80. The molecule has 0 fully saturated rings. The Hall–Kier alpha value is -2.45. The Morgan fingerprint density at radius 2 is 1.90 bits per heavy atom. The first-order valence-corrected chi connectivity index (χ1v) is 7.33. The molecule has 0 atom stereocenters. The summed E-state index contributed by atoms with van der Waals surface area (Å²) in [6, 6.07) is 12.1. The van der Waals surface area contributed by atoms with Crippen LogP contribution in [0.1, 0.15) is 38.4 Å². The Labute approximate surface area is 126 Å². The molecule has 5 heteroatoms. The second-order valence-corrected chi connectivity index (χ2v) is 5.20. The number of hydrogen-bond acceptors (Lipinski definition) is 5. The zero-order valence-corrected chi connectivity index (χ0v) is 12.1. The van der Waals surface area contributed by atoms with Crippen LogP contribution in [0.4, 0.5) is 0 Å². The molecule has 0 amide bonds. The number of ether oxygens (including phenoxy) is 1. The summed E-state index contributed by atoms with van der Waals surface area (Å²) in [5, 5.41) is 10.3. The van der Waals surface area contributed by atoms with Crippen molar-refractivity contribution in [3.8, 4) is 6.07 Å². The van der Waals surface area contributed by atoms with Crippen LogP contribution in [0.5, 0.6) is 0 Å². The Kier molecular flexibility index (Phi) is 5.24. The van der Waals surface area contributed by atoms with Gasteiger partial charge in [0.05, 0.1) is 23.1 Å². The fourth-order valence-corrected chi connectivity index (χ4v) is 2.47. The number of unbranched alkanes of at least 4 members (excludes halogenated alkanes) is 1. The number of nitrogens with zero attached hydrogens (tertiary/aromatic N) is 1. The number of carbonyl (C=O) groups is 2. The molecule has 2 aromatic rings. The van der Waals surface area contributed by atoms with Gasteiger partial charge in [-0.05, 0) is 23.9 Å². The van der Waals surface area contributed by atoms with Crippen molar-refractivity contribution in [1.82, 2.24) is 0 Å². The summed E-state index contributed by atoms with van der Waals surface area (Å²) >= 11 is 1.33. The molecular formula is C16H13NO3S. The largest absolute Gasteiger partial charge is 0.462 e. The highest BCUT2D eigenvalue weighted by Crippen LogP contribution is 2.19. The molecule has 4 nitrogen and oxygen atoms in total. The van der Waals surface area contributed by atoms with Gasteiger partial charge in [0.25, 0.3) is 0 Å². The van der Waals surface area contributed by atoms with E-state index in [0.717, 1.165) is 0 Å². The van der Waals surface area contributed by atoms with Gasteiger partial charge in [-0.15, -0.1) is 11.3 Å². The van der Waals surface area contributed by atoms with Gasteiger partial charge in [-0.25, -0.2) is 4.79 Å². The Balaban J connectivity index is 2.15. The average Bonchev–Trinajstić information content (AvgIpc) is 3.05. The van der Waals surface area contributed by atoms with Crippen molar-refractivity contribution in [3.05, 3.63) is 57.8 Å². The maximum absolute atomic E-state index is 12.4. The van der Waals surface area contributed by atoms with Crippen LogP contribution in [0, 0.1) is 11.3 Å². The molecular weight excluding hydrogens is 286 g/mol. The predicted octanol–water partition coefficient (Wildman–Crippen LogP) is 3.44. The molecule has 0 aliphatic carbocycles. The van der Waals surface area contributed by atoms with E-state index in [1.54, 1.807) is 36.4 Å². The highest BCUT2D eigenvalue weighted by Gasteiger charge is 2.19. The molecule has 0 unspecified atom stereocenters. The number of esters is 1. The minimum absolute atomic E-state index is 0.175. The normalized spacial score (nSPS) is 9.86. The van der Waals surface area contributed by atoms with Crippen molar-refractivity contribution in [3.63, 3.8) is 0 Å². The molecule has 0 saturated carbocycles. The van der Waals surface area contributed by atoms with Gasteiger partial charge >= 0.3 is 5.97 Å². The molecule has 0 radical (unpaired) electrons. The van der Waals surface area contributed by atoms with E-state index >= 15 is 0 Å². The summed E-state index contributed by atoms with van der Waals surface area (Å²) in [6.07, 6.45) is 0.826. The van der Waals surface area contributed by atoms with Crippen LogP contribution in [0.25, 0.3) is 0 Å². The van der Waals surface area contributed by atoms with Crippen LogP contribution in [-0.4, -0.2) is 18.4 Å². The third kappa shape index (κ3) is 3.77. The minimum Gasteiger partial charge on any atom is -0.462 e. The maximum atomic E-state index is 12.4. The molecule has 106 valence electrons. The number of nitriles is 1. The van der Waals surface area contributed by atoms with Crippen molar-refractivity contribution >= 4 is 23.1 Å². The Bertz CT molecular complexity index is 671. The van der Waals surface area contributed by atoms with Gasteiger partial charge in [0, 0.05) is 12.0 Å². The predicted molar refractivity (Wildman–Crippen MR) is 79.3 cm³/mol. The van der Waals surface area contributed by atoms with Gasteiger partial charge in [-0.2, -0.15) is 5.26 Å². The van der Waals surface area contributed by atoms with Gasteiger partial charge in [0.2, 0.25) is 5.78 Å². The molecule has 0 aliphatic heterocycles. The van der Waals surface area contributed by atoms with Crippen molar-refractivity contribution in [2.75, 3.05) is 6.61 Å². The van der Waals surface area contributed by atoms with Crippen LogP contribution in [0.15, 0.2) is 41.8 Å². The molecule has 0 aliphatic rings. The third-order valence-corrected chi connectivity index (χ3v) is 3.67. The summed E-state index contributed by atoms with van der Waals surface area (Å²) in [7, 11) is 0. The summed E-state index contributed by atoms with van der Waals surface area (Å²) in [4.78, 5) is 25.0. The van der Waals surface area contributed by atoms with E-state index in [9.17, 15) is 9.59 Å². The Morgan fingerprint density at radius 1 is 1.14 bits per heavy atom. The van der Waals surface area contributed by atoms with Gasteiger partial charge in [-0.3, -0.25) is 4.79 Å². The molecule has 0 N–H and O–H groups in total. The summed E-state index contributed by atoms with van der Waals surface area (Å²) in [5.41, 5.74) is 0.595. The van der Waals surface area contributed by atoms with Gasteiger partial charge in [0.15, 0.2) is 0 Å². The molecule has 0 spiro atoms. The van der Waals surface area contributed by atoms with Crippen molar-refractivity contribution < 1.29 is 14.3 Å². The molecule has 0 bridgehead atoms. The lowest BCUT2D eigenvalue weighted by atomic mass is 10.0. The van der Waals surface area contributed by atoms with Gasteiger partial charge < -0.3 is 4.74 Å². The fraction of sp³-hybridized carbons (Fsp3) is 0.188. The van der Waals surface area contributed by atoms with Crippen molar-refractivity contribution in [2.45, 2.75) is 12.8 Å². The van der Waals surface area contributed by atoms with Crippen molar-refractivity contribution in [2.24, 2.45) is 0 Å². The fourth-order valence-electron chi connectivity index (χ4n) is 1.79. The van der Waals surface area contributed by atoms with E-state index in [1.807, 2.05) is 11.4 Å². The SMILES string of the molecule is N#CCCCOC(=O)c1ccccc1C(=O)c1cccs1. The topological polar surface area (TPSA) is 67.2 Å². The lowest BCUT2D eigenvalue weighted by Gasteiger charge is -2.07. The number of ketones is 1. The van der Waals surface area contributed by atoms with E-state index in [4.69, 9.17) is 10.00 Å². The van der Waals surface area contributed by atoms with Crippen molar-refractivity contribution in [1.29, 1.82) is 5.26 Å². The van der Waals surface area contributed by atoms with Crippen LogP contribution in [0.2, 0.25) is 0 Å². The highest BCUT2D eigenvalue weighted by atomic mass is 32.1. The van der Waals surface area contributed by atoms with Crippen LogP contribution < -0.4 is 0 Å². The highest BCUT2D eigenvalue weighted by molar-refractivity contribution is 7.12. The first-order valence-electron chi connectivity index (χ1n) is 6.45. The van der Waals surface area contributed by atoms with Crippen LogP contribution >= 0.6 is 11.3 Å². The summed E-state index contributed by atoms with van der Waals surface area (Å²) in [6.45, 7) is 0.175. The molecule has 2 rings (SSSR count). The zero-order valence-electron chi connectivity index (χ0n) is 11.2. The van der Waals surface area contributed by atoms with E-state index in [0.29, 0.717) is 23.3 Å². The van der Waals surface area contributed by atoms with Crippen LogP contribution in [-0.2, 0) is 4.74 Å². The molecule has 0 saturated heterocycles. The smallest absolute Gasteiger partial charge is 0.338 e. The standard InChI is InChI=1S/C16H13NO3S/c17-9-3-4-10-20-16(19)13-7-2-1-6-12(13)15(18)14-8-5-11-21-14/h1-2,5-8,11H,3-4,10H2. The molecule has 1 aromatic carbocycles. The van der Waals surface area contributed by atoms with E-state index in [2.05, 4.69) is 0 Å². The maximum Gasteiger partial charge on any atom is 0.338 e. The molecule has 1 aromatic heterocycles. The zero-order chi connectivity index (χ0) is 15.1. The van der Waals surface area contributed by atoms with E-state index in [-0.39, 0.29) is 18.0 Å². The first-order chi connectivity index (χ1) is 10.2. The van der Waals surface area contributed by atoms with Crippen LogP contribution in [0.3, 0.4) is 0 Å². The van der Waals surface area contributed by atoms with Gasteiger partial charge in [0.1, 0.15) is 0 Å². The number of hydrogen-bond donors (Lipinski definition) is 0. The lowest BCUT2D eigenvalue weighted by molar-refractivity contribution is 0.0499. The quantitative estimate of drug-likeness (QED) is 0.465. The lowest BCUT2D eigenvalue weighted by Crippen LogP contribution is -2.12. The minimum atomic E-state index is -0.534. The van der Waals surface area contributed by atoms with E-state index < -0.39 is 5.97 Å². The number of benzene rings is 1. The molecule has 1 heterocycles. The average molecular weight is 299 g/mol. The van der Waals surface area contributed by atoms with E-state index in [1.165, 1.54) is 11.3 Å². The number of carbonyl (C=O) groups excluding carboxylic acids is 2. The second-order valence-electron chi connectivity index (χ2n) is 4.25. The summed E-state index contributed by atoms with van der Waals surface area (Å²) < 4.78 is 5.10. The number of rotatable bonds is 6.